The zero-order valence-corrected chi connectivity index (χ0v) is 41.4. The Morgan fingerprint density at radius 1 is 0.667 bits per heavy atom. The maximum Gasteiger partial charge on any atom is 0.329 e. The number of amides is 2. The van der Waals surface area contributed by atoms with Crippen LogP contribution in [0.2, 0.25) is 20.1 Å². The van der Waals surface area contributed by atoms with Crippen molar-refractivity contribution in [1.29, 1.82) is 0 Å². The Morgan fingerprint density at radius 3 is 1.51 bits per heavy atom. The minimum Gasteiger partial charge on any atom is -0.480 e. The van der Waals surface area contributed by atoms with Gasteiger partial charge >= 0.3 is 11.9 Å². The standard InChI is InChI=1S/C25H30Cl2N4O4.C24H28Cl2N4O4/c1-34-25(33)21(30-24(32)22-19(26)7-2-8-20(22)27)15-31-13-18(14-31)35-12-4-6-17-10-9-16-5-3-11-28-23(16)29-17;25-18-6-1-7-19(26)21(18)23(31)29-20(24(32)33)14-30-12-17(13-30)34-11-3-5-16-9-8-15-4-2-10-27-22(15)28-16/h2,7-10,18,21H,3-6,11-15H2,1H3,(H,28,29)(H,30,32);1,6-9,17,20H,2-5,10-14H2,(H,27,28)(H,29,31)(H,32,33)/t21-;/m0./s1. The number of aromatic nitrogens is 2. The minimum atomic E-state index is -1.12. The first kappa shape index (κ1) is 52.1. The van der Waals surface area contributed by atoms with E-state index in [0.717, 1.165) is 87.5 Å². The number of nitrogens with one attached hydrogen (secondary N) is 4. The number of methoxy groups -OCH3 is 1. The smallest absolute Gasteiger partial charge is 0.329 e. The van der Waals surface area contributed by atoms with Crippen molar-refractivity contribution >= 4 is 81.8 Å². The summed E-state index contributed by atoms with van der Waals surface area (Å²) < 4.78 is 16.8. The van der Waals surface area contributed by atoms with E-state index in [0.29, 0.717) is 45.9 Å². The van der Waals surface area contributed by atoms with E-state index < -0.39 is 35.8 Å². The van der Waals surface area contributed by atoms with Crippen molar-refractivity contribution < 1.29 is 38.5 Å². The van der Waals surface area contributed by atoms with Gasteiger partial charge in [-0.2, -0.15) is 0 Å². The highest BCUT2D eigenvalue weighted by Gasteiger charge is 2.35. The number of pyridine rings is 2. The number of esters is 1. The van der Waals surface area contributed by atoms with E-state index in [-0.39, 0.29) is 50.0 Å². The number of aryl methyl sites for hydroxylation is 4. The molecule has 2 aromatic carbocycles. The number of carbonyl (C=O) groups is 4. The molecule has 2 aromatic heterocycles. The molecule has 4 aliphatic heterocycles. The van der Waals surface area contributed by atoms with Crippen molar-refractivity contribution in [3.05, 3.63) is 114 Å². The topological polar surface area (TPSA) is 197 Å². The summed E-state index contributed by atoms with van der Waals surface area (Å²) in [4.78, 5) is 62.6. The van der Waals surface area contributed by atoms with Gasteiger partial charge in [0.05, 0.1) is 50.5 Å². The van der Waals surface area contributed by atoms with Crippen LogP contribution in [0.3, 0.4) is 0 Å². The lowest BCUT2D eigenvalue weighted by atomic mass is 10.1. The van der Waals surface area contributed by atoms with Crippen LogP contribution in [-0.2, 0) is 49.5 Å². The van der Waals surface area contributed by atoms with Gasteiger partial charge in [-0.1, -0.05) is 70.7 Å². The molecular formula is C49H58Cl4N8O8. The van der Waals surface area contributed by atoms with Gasteiger partial charge in [-0.05, 0) is 98.9 Å². The van der Waals surface area contributed by atoms with Gasteiger partial charge in [0.15, 0.2) is 0 Å². The lowest BCUT2D eigenvalue weighted by Gasteiger charge is -2.40. The number of ether oxygens (including phenoxy) is 3. The minimum absolute atomic E-state index is 0.0568. The molecule has 6 heterocycles. The summed E-state index contributed by atoms with van der Waals surface area (Å²) in [6.45, 7) is 6.31. The fourth-order valence-corrected chi connectivity index (χ4v) is 9.63. The number of anilines is 2. The molecule has 2 atom stereocenters. The second-order valence-electron chi connectivity index (χ2n) is 17.4. The van der Waals surface area contributed by atoms with E-state index in [9.17, 15) is 24.3 Å². The Labute approximate surface area is 422 Å². The van der Waals surface area contributed by atoms with Gasteiger partial charge in [-0.3, -0.25) is 19.4 Å². The monoisotopic (exact) mass is 1030 g/mol. The molecule has 0 spiro atoms. The summed E-state index contributed by atoms with van der Waals surface area (Å²) in [5.74, 6) is -0.743. The molecule has 16 nitrogen and oxygen atoms in total. The number of nitrogens with zero attached hydrogens (tertiary/aromatic N) is 4. The molecule has 370 valence electrons. The molecule has 8 rings (SSSR count). The Balaban J connectivity index is 0.000000204. The fourth-order valence-electron chi connectivity index (χ4n) is 8.49. The summed E-state index contributed by atoms with van der Waals surface area (Å²) in [7, 11) is 1.29. The quantitative estimate of drug-likeness (QED) is 0.0468. The first-order valence-electron chi connectivity index (χ1n) is 23.3. The van der Waals surface area contributed by atoms with E-state index in [1.54, 1.807) is 24.3 Å². The second kappa shape index (κ2) is 25.4. The summed E-state index contributed by atoms with van der Waals surface area (Å²) >= 11 is 24.3. The van der Waals surface area contributed by atoms with Crippen LogP contribution in [0.15, 0.2) is 60.7 Å². The van der Waals surface area contributed by atoms with Crippen LogP contribution < -0.4 is 21.3 Å². The maximum atomic E-state index is 12.7. The summed E-state index contributed by atoms with van der Waals surface area (Å²) in [6, 6.07) is 16.1. The zero-order chi connectivity index (χ0) is 48.9. The third-order valence-electron chi connectivity index (χ3n) is 12.3. The van der Waals surface area contributed by atoms with Crippen molar-refractivity contribution in [2.45, 2.75) is 75.7 Å². The molecule has 69 heavy (non-hydrogen) atoms. The van der Waals surface area contributed by atoms with E-state index >= 15 is 0 Å². The summed E-state index contributed by atoms with van der Waals surface area (Å²) in [5, 5.41) is 22.3. The molecular weight excluding hydrogens is 970 g/mol. The molecule has 20 heteroatoms. The number of benzene rings is 2. The van der Waals surface area contributed by atoms with E-state index in [2.05, 4.69) is 45.5 Å². The third kappa shape index (κ3) is 14.6. The van der Waals surface area contributed by atoms with Crippen LogP contribution >= 0.6 is 46.4 Å². The Hall–Kier alpha value is -4.78. The third-order valence-corrected chi connectivity index (χ3v) is 13.5. The highest BCUT2D eigenvalue weighted by molar-refractivity contribution is 6.40. The van der Waals surface area contributed by atoms with E-state index in [1.807, 2.05) is 9.80 Å². The van der Waals surface area contributed by atoms with Crippen LogP contribution in [0.5, 0.6) is 0 Å². The van der Waals surface area contributed by atoms with Gasteiger partial charge in [0.25, 0.3) is 11.8 Å². The van der Waals surface area contributed by atoms with Crippen molar-refractivity contribution in [3.63, 3.8) is 0 Å². The molecule has 0 radical (unpaired) electrons. The SMILES string of the molecule is COC(=O)[C@H](CN1CC(OCCCc2ccc3c(n2)NCCC3)C1)NC(=O)c1c(Cl)cccc1Cl.O=C(NC(CN1CC(OCCCc2ccc3c(n2)NCCC3)C1)C(=O)O)c1c(Cl)cccc1Cl. The number of carbonyl (C=O) groups excluding carboxylic acids is 3. The molecule has 2 fully saturated rings. The number of likely N-dealkylation sites (tertiary alicyclic amines) is 2. The Morgan fingerprint density at radius 2 is 1.09 bits per heavy atom. The molecule has 2 amide bonds. The largest absolute Gasteiger partial charge is 0.480 e. The Kier molecular flexibility index (Phi) is 19.1. The molecule has 1 unspecified atom stereocenters. The Bertz CT molecular complexity index is 2400. The number of hydrogen-bond donors (Lipinski definition) is 5. The van der Waals surface area contributed by atoms with Crippen LogP contribution in [0.25, 0.3) is 0 Å². The van der Waals surface area contributed by atoms with E-state index in [4.69, 9.17) is 70.6 Å². The van der Waals surface area contributed by atoms with Gasteiger partial charge in [0.2, 0.25) is 0 Å². The summed E-state index contributed by atoms with van der Waals surface area (Å²) in [5.41, 5.74) is 4.93. The van der Waals surface area contributed by atoms with E-state index in [1.165, 1.54) is 30.4 Å². The van der Waals surface area contributed by atoms with Crippen LogP contribution in [-0.4, -0.2) is 146 Å². The van der Waals surface area contributed by atoms with Crippen molar-refractivity contribution in [1.82, 2.24) is 30.4 Å². The van der Waals surface area contributed by atoms with Gasteiger partial charge < -0.3 is 40.6 Å². The highest BCUT2D eigenvalue weighted by Crippen LogP contribution is 2.27. The molecule has 0 bridgehead atoms. The number of fused-ring (bicyclic) bond motifs is 2. The van der Waals surface area contributed by atoms with Gasteiger partial charge in [-0.15, -0.1) is 0 Å². The highest BCUT2D eigenvalue weighted by atomic mass is 35.5. The fraction of sp³-hybridized carbons (Fsp3) is 0.469. The van der Waals surface area contributed by atoms with Crippen molar-refractivity contribution in [3.8, 4) is 0 Å². The average Bonchev–Trinajstić information content (AvgIpc) is 3.31. The first-order valence-corrected chi connectivity index (χ1v) is 24.8. The number of carboxylic acid groups (broad SMARTS) is 1. The second-order valence-corrected chi connectivity index (χ2v) is 19.0. The predicted molar refractivity (Wildman–Crippen MR) is 266 cm³/mol. The summed E-state index contributed by atoms with van der Waals surface area (Å²) in [6.07, 6.45) is 8.11. The van der Waals surface area contributed by atoms with Gasteiger partial charge in [0.1, 0.15) is 23.7 Å². The molecule has 4 aromatic rings. The molecule has 4 aliphatic rings. The lowest BCUT2D eigenvalue weighted by Crippen LogP contribution is -2.58. The lowest BCUT2D eigenvalue weighted by molar-refractivity contribution is -0.144. The number of hydrogen-bond acceptors (Lipinski definition) is 13. The van der Waals surface area contributed by atoms with Gasteiger partial charge in [0, 0.05) is 77.0 Å². The number of aliphatic carboxylic acids is 1. The van der Waals surface area contributed by atoms with Crippen LogP contribution in [0.1, 0.15) is 68.9 Å². The number of rotatable bonds is 20. The molecule has 2 saturated heterocycles. The zero-order valence-electron chi connectivity index (χ0n) is 38.4. The van der Waals surface area contributed by atoms with Crippen molar-refractivity contribution in [2.75, 3.05) is 83.3 Å². The van der Waals surface area contributed by atoms with Crippen LogP contribution in [0.4, 0.5) is 11.6 Å². The van der Waals surface area contributed by atoms with Crippen LogP contribution in [0, 0.1) is 0 Å². The average molecular weight is 1030 g/mol. The normalized spacial score (nSPS) is 16.7. The van der Waals surface area contributed by atoms with Gasteiger partial charge in [-0.25, -0.2) is 19.6 Å². The maximum absolute atomic E-state index is 12.7. The molecule has 0 saturated carbocycles. The van der Waals surface area contributed by atoms with Crippen molar-refractivity contribution in [2.24, 2.45) is 0 Å². The number of halogens is 4. The molecule has 0 aliphatic carbocycles. The number of carboxylic acids is 1. The first-order chi connectivity index (χ1) is 33.3. The molecule has 5 N–H and O–H groups in total. The predicted octanol–water partition coefficient (Wildman–Crippen LogP) is 6.61.